The maximum absolute atomic E-state index is 6.15. The summed E-state index contributed by atoms with van der Waals surface area (Å²) in [6.07, 6.45) is 5.72. The van der Waals surface area contributed by atoms with E-state index in [1.54, 1.807) is 0 Å². The first-order valence-electron chi connectivity index (χ1n) is 6.84. The average Bonchev–Trinajstić information content (AvgIpc) is 2.37. The topological polar surface area (TPSA) is 12.0 Å². The summed E-state index contributed by atoms with van der Waals surface area (Å²) >= 11 is 12.1. The highest BCUT2D eigenvalue weighted by Crippen LogP contribution is 2.22. The molecule has 0 saturated carbocycles. The molecule has 0 amide bonds. The Labute approximate surface area is 121 Å². The Morgan fingerprint density at radius 1 is 1.22 bits per heavy atom. The van der Waals surface area contributed by atoms with Crippen LogP contribution in [0.25, 0.3) is 0 Å². The lowest BCUT2D eigenvalue weighted by atomic mass is 10.0. The van der Waals surface area contributed by atoms with Crippen LogP contribution in [0.4, 0.5) is 0 Å². The molecule has 0 radical (unpaired) electrons. The highest BCUT2D eigenvalue weighted by Gasteiger charge is 2.06. The Balaban J connectivity index is 2.37. The van der Waals surface area contributed by atoms with Gasteiger partial charge in [0.15, 0.2) is 0 Å². The summed E-state index contributed by atoms with van der Waals surface area (Å²) < 4.78 is 0. The Hall–Kier alpha value is -0.240. The van der Waals surface area contributed by atoms with Crippen molar-refractivity contribution in [2.75, 3.05) is 6.54 Å². The minimum atomic E-state index is 0.628. The molecule has 0 bridgehead atoms. The van der Waals surface area contributed by atoms with Crippen LogP contribution in [0.3, 0.4) is 0 Å². The third-order valence-corrected chi connectivity index (χ3v) is 3.79. The van der Waals surface area contributed by atoms with Crippen molar-refractivity contribution in [1.29, 1.82) is 0 Å². The largest absolute Gasteiger partial charge is 0.314 e. The number of halogens is 2. The summed E-state index contributed by atoms with van der Waals surface area (Å²) in [6, 6.07) is 6.32. The summed E-state index contributed by atoms with van der Waals surface area (Å²) in [5.74, 6) is 0. The SMILES string of the molecule is CCCNC(CC)CCCc1cc(Cl)ccc1Cl. The molecule has 0 aromatic heterocycles. The van der Waals surface area contributed by atoms with Gasteiger partial charge < -0.3 is 5.32 Å². The molecule has 0 saturated heterocycles. The zero-order valence-corrected chi connectivity index (χ0v) is 12.8. The lowest BCUT2D eigenvalue weighted by Gasteiger charge is -2.16. The number of rotatable bonds is 8. The fourth-order valence-electron chi connectivity index (χ4n) is 2.07. The Morgan fingerprint density at radius 2 is 2.00 bits per heavy atom. The van der Waals surface area contributed by atoms with E-state index in [9.17, 15) is 0 Å². The van der Waals surface area contributed by atoms with Crippen LogP contribution in [0.1, 0.15) is 45.1 Å². The van der Waals surface area contributed by atoms with Crippen LogP contribution in [0, 0.1) is 0 Å². The monoisotopic (exact) mass is 287 g/mol. The standard InChI is InChI=1S/C15H23Cl2N/c1-3-10-18-14(4-2)7-5-6-12-11-13(16)8-9-15(12)17/h8-9,11,14,18H,3-7,10H2,1-2H3. The molecule has 0 fully saturated rings. The second-order valence-corrected chi connectivity index (χ2v) is 5.53. The third-order valence-electron chi connectivity index (χ3n) is 3.18. The molecule has 1 atom stereocenters. The van der Waals surface area contributed by atoms with Crippen molar-refractivity contribution in [2.24, 2.45) is 0 Å². The molecule has 102 valence electrons. The van der Waals surface area contributed by atoms with Crippen molar-refractivity contribution in [1.82, 2.24) is 5.32 Å². The molecule has 0 spiro atoms. The van der Waals surface area contributed by atoms with Crippen LogP contribution >= 0.6 is 23.2 Å². The van der Waals surface area contributed by atoms with Crippen molar-refractivity contribution in [2.45, 2.75) is 52.0 Å². The van der Waals surface area contributed by atoms with Crippen LogP contribution < -0.4 is 5.32 Å². The molecule has 0 aliphatic heterocycles. The van der Waals surface area contributed by atoms with Gasteiger partial charge in [-0.1, -0.05) is 37.0 Å². The first kappa shape index (κ1) is 15.8. The minimum Gasteiger partial charge on any atom is -0.314 e. The summed E-state index contributed by atoms with van der Waals surface area (Å²) in [5, 5.41) is 5.17. The van der Waals surface area contributed by atoms with Crippen LogP contribution in [-0.4, -0.2) is 12.6 Å². The smallest absolute Gasteiger partial charge is 0.0439 e. The first-order valence-corrected chi connectivity index (χ1v) is 7.60. The molecule has 1 N–H and O–H groups in total. The molecule has 3 heteroatoms. The van der Waals surface area contributed by atoms with Crippen LogP contribution in [0.5, 0.6) is 0 Å². The molecule has 1 unspecified atom stereocenters. The van der Waals surface area contributed by atoms with Gasteiger partial charge in [0.05, 0.1) is 0 Å². The van der Waals surface area contributed by atoms with Gasteiger partial charge in [-0.15, -0.1) is 0 Å². The van der Waals surface area contributed by atoms with Crippen molar-refractivity contribution in [3.05, 3.63) is 33.8 Å². The zero-order chi connectivity index (χ0) is 13.4. The second-order valence-electron chi connectivity index (χ2n) is 4.69. The van der Waals surface area contributed by atoms with Crippen LogP contribution in [0.15, 0.2) is 18.2 Å². The third kappa shape index (κ3) is 5.60. The van der Waals surface area contributed by atoms with E-state index in [1.807, 2.05) is 18.2 Å². The molecule has 0 heterocycles. The minimum absolute atomic E-state index is 0.628. The molecule has 18 heavy (non-hydrogen) atoms. The number of aryl methyl sites for hydroxylation is 1. The number of benzene rings is 1. The Bertz CT molecular complexity index is 352. The quantitative estimate of drug-likeness (QED) is 0.702. The van der Waals surface area contributed by atoms with Gasteiger partial charge in [-0.3, -0.25) is 0 Å². The average molecular weight is 288 g/mol. The van der Waals surface area contributed by atoms with Gasteiger partial charge in [-0.2, -0.15) is 0 Å². The lowest BCUT2D eigenvalue weighted by molar-refractivity contribution is 0.456. The molecule has 1 rings (SSSR count). The summed E-state index contributed by atoms with van der Waals surface area (Å²) in [4.78, 5) is 0. The number of nitrogens with one attached hydrogen (secondary N) is 1. The Morgan fingerprint density at radius 3 is 2.67 bits per heavy atom. The first-order chi connectivity index (χ1) is 8.67. The van der Waals surface area contributed by atoms with E-state index >= 15 is 0 Å². The van der Waals surface area contributed by atoms with Crippen molar-refractivity contribution >= 4 is 23.2 Å². The highest BCUT2D eigenvalue weighted by molar-refractivity contribution is 6.33. The maximum Gasteiger partial charge on any atom is 0.0439 e. The van der Waals surface area contributed by atoms with E-state index in [4.69, 9.17) is 23.2 Å². The molecule has 1 aromatic rings. The van der Waals surface area contributed by atoms with E-state index in [0.29, 0.717) is 6.04 Å². The van der Waals surface area contributed by atoms with E-state index < -0.39 is 0 Å². The van der Waals surface area contributed by atoms with Gasteiger partial charge in [-0.25, -0.2) is 0 Å². The summed E-state index contributed by atoms with van der Waals surface area (Å²) in [5.41, 5.74) is 1.16. The van der Waals surface area contributed by atoms with Gasteiger partial charge in [-0.05, 0) is 62.4 Å². The van der Waals surface area contributed by atoms with Gasteiger partial charge in [0.1, 0.15) is 0 Å². The van der Waals surface area contributed by atoms with Crippen molar-refractivity contribution in [3.8, 4) is 0 Å². The van der Waals surface area contributed by atoms with E-state index in [-0.39, 0.29) is 0 Å². The lowest BCUT2D eigenvalue weighted by Crippen LogP contribution is -2.29. The summed E-state index contributed by atoms with van der Waals surface area (Å²) in [6.45, 7) is 5.54. The van der Waals surface area contributed by atoms with E-state index in [1.165, 1.54) is 19.3 Å². The Kier molecular flexibility index (Phi) is 7.73. The van der Waals surface area contributed by atoms with Gasteiger partial charge in [0.25, 0.3) is 0 Å². The van der Waals surface area contributed by atoms with Crippen LogP contribution in [0.2, 0.25) is 10.0 Å². The fourth-order valence-corrected chi connectivity index (χ4v) is 2.48. The summed E-state index contributed by atoms with van der Waals surface area (Å²) in [7, 11) is 0. The molecule has 1 nitrogen and oxygen atoms in total. The predicted octanol–water partition coefficient (Wildman–Crippen LogP) is 5.09. The number of hydrogen-bond acceptors (Lipinski definition) is 1. The van der Waals surface area contributed by atoms with Crippen LogP contribution in [-0.2, 0) is 6.42 Å². The van der Waals surface area contributed by atoms with Gasteiger partial charge >= 0.3 is 0 Å². The normalized spacial score (nSPS) is 12.7. The van der Waals surface area contributed by atoms with Gasteiger partial charge in [0.2, 0.25) is 0 Å². The van der Waals surface area contributed by atoms with E-state index in [0.717, 1.165) is 35.0 Å². The molecular formula is C15H23Cl2N. The zero-order valence-electron chi connectivity index (χ0n) is 11.3. The molecule has 0 aliphatic rings. The molecule has 0 aliphatic carbocycles. The predicted molar refractivity (Wildman–Crippen MR) is 81.8 cm³/mol. The van der Waals surface area contributed by atoms with Gasteiger partial charge in [0, 0.05) is 16.1 Å². The van der Waals surface area contributed by atoms with Crippen molar-refractivity contribution < 1.29 is 0 Å². The maximum atomic E-state index is 6.15. The van der Waals surface area contributed by atoms with E-state index in [2.05, 4.69) is 19.2 Å². The van der Waals surface area contributed by atoms with Crippen molar-refractivity contribution in [3.63, 3.8) is 0 Å². The second kappa shape index (κ2) is 8.79. The molecular weight excluding hydrogens is 265 g/mol. The molecule has 1 aromatic carbocycles. The fraction of sp³-hybridized carbons (Fsp3) is 0.600. The number of hydrogen-bond donors (Lipinski definition) is 1. The highest BCUT2D eigenvalue weighted by atomic mass is 35.5.